The fourth-order valence-electron chi connectivity index (χ4n) is 1.27. The molecule has 0 unspecified atom stereocenters. The number of carbonyl (C=O) groups excluding carboxylic acids is 1. The fourth-order valence-corrected chi connectivity index (χ4v) is 1.40. The van der Waals surface area contributed by atoms with Crippen LogP contribution in [0.25, 0.3) is 0 Å². The van der Waals surface area contributed by atoms with Crippen molar-refractivity contribution < 1.29 is 9.53 Å². The fraction of sp³-hybridized carbons (Fsp3) is 0.500. The van der Waals surface area contributed by atoms with E-state index in [4.69, 9.17) is 16.3 Å². The number of rotatable bonds is 4. The van der Waals surface area contributed by atoms with E-state index >= 15 is 0 Å². The Morgan fingerprint density at radius 3 is 3.06 bits per heavy atom. The first-order valence-electron chi connectivity index (χ1n) is 5.17. The number of ether oxygens (including phenoxy) is 1. The van der Waals surface area contributed by atoms with Gasteiger partial charge in [0.15, 0.2) is 5.69 Å². The zero-order valence-electron chi connectivity index (χ0n) is 8.86. The van der Waals surface area contributed by atoms with Crippen molar-refractivity contribution in [3.63, 3.8) is 0 Å². The van der Waals surface area contributed by atoms with Crippen LogP contribution in [0.4, 0.5) is 5.69 Å². The summed E-state index contributed by atoms with van der Waals surface area (Å²) in [6.07, 6.45) is 3.72. The summed E-state index contributed by atoms with van der Waals surface area (Å²) in [6.45, 7) is 2.05. The first-order valence-corrected chi connectivity index (χ1v) is 5.54. The van der Waals surface area contributed by atoms with Gasteiger partial charge in [0, 0.05) is 6.04 Å². The number of nitrogens with zero attached hydrogens (tertiary/aromatic N) is 2. The van der Waals surface area contributed by atoms with E-state index in [0.29, 0.717) is 18.3 Å². The van der Waals surface area contributed by atoms with Crippen LogP contribution in [0.1, 0.15) is 30.3 Å². The number of hydrogen-bond acceptors (Lipinski definition) is 5. The van der Waals surface area contributed by atoms with Gasteiger partial charge in [-0.25, -0.2) is 14.8 Å². The minimum absolute atomic E-state index is 0.0457. The van der Waals surface area contributed by atoms with Crippen LogP contribution >= 0.6 is 11.6 Å². The summed E-state index contributed by atoms with van der Waals surface area (Å²) in [6, 6.07) is 0.415. The maximum atomic E-state index is 11.6. The topological polar surface area (TPSA) is 64.1 Å². The van der Waals surface area contributed by atoms with Crippen molar-refractivity contribution in [2.75, 3.05) is 11.9 Å². The molecule has 0 bridgehead atoms. The summed E-state index contributed by atoms with van der Waals surface area (Å²) >= 11 is 5.66. The Morgan fingerprint density at radius 2 is 2.44 bits per heavy atom. The van der Waals surface area contributed by atoms with Crippen molar-refractivity contribution in [2.45, 2.75) is 25.8 Å². The number of halogens is 1. The van der Waals surface area contributed by atoms with Crippen LogP contribution in [0.5, 0.6) is 0 Å². The van der Waals surface area contributed by atoms with Crippen molar-refractivity contribution >= 4 is 23.3 Å². The molecule has 16 heavy (non-hydrogen) atoms. The molecule has 0 amide bonds. The van der Waals surface area contributed by atoms with Crippen LogP contribution in [0.3, 0.4) is 0 Å². The second-order valence-electron chi connectivity index (χ2n) is 3.54. The van der Waals surface area contributed by atoms with Crippen LogP contribution < -0.4 is 5.32 Å². The van der Waals surface area contributed by atoms with Gasteiger partial charge in [-0.15, -0.1) is 0 Å². The van der Waals surface area contributed by atoms with E-state index in [1.165, 1.54) is 6.20 Å². The summed E-state index contributed by atoms with van der Waals surface area (Å²) in [7, 11) is 0. The lowest BCUT2D eigenvalue weighted by molar-refractivity contribution is 0.0520. The lowest BCUT2D eigenvalue weighted by Crippen LogP contribution is -2.13. The van der Waals surface area contributed by atoms with Gasteiger partial charge in [-0.05, 0) is 31.4 Å². The van der Waals surface area contributed by atoms with Crippen LogP contribution in [-0.2, 0) is 4.74 Å². The van der Waals surface area contributed by atoms with Gasteiger partial charge in [-0.3, -0.25) is 0 Å². The van der Waals surface area contributed by atoms with Gasteiger partial charge in [0.25, 0.3) is 0 Å². The van der Waals surface area contributed by atoms with Crippen molar-refractivity contribution in [2.24, 2.45) is 0 Å². The number of aromatic nitrogens is 2. The predicted molar refractivity (Wildman–Crippen MR) is 59.6 cm³/mol. The Morgan fingerprint density at radius 1 is 1.69 bits per heavy atom. The third-order valence-corrected chi connectivity index (χ3v) is 2.35. The quantitative estimate of drug-likeness (QED) is 0.644. The molecule has 1 aliphatic carbocycles. The van der Waals surface area contributed by atoms with Crippen LogP contribution in [0, 0.1) is 0 Å². The number of esters is 1. The van der Waals surface area contributed by atoms with Gasteiger partial charge < -0.3 is 10.1 Å². The highest BCUT2D eigenvalue weighted by atomic mass is 35.5. The van der Waals surface area contributed by atoms with Gasteiger partial charge in [0.2, 0.25) is 5.28 Å². The third-order valence-electron chi connectivity index (χ3n) is 2.17. The molecule has 0 aromatic carbocycles. The zero-order valence-corrected chi connectivity index (χ0v) is 9.62. The molecule has 0 atom stereocenters. The van der Waals surface area contributed by atoms with E-state index in [0.717, 1.165) is 12.8 Å². The molecule has 1 aliphatic rings. The van der Waals surface area contributed by atoms with Crippen molar-refractivity contribution in [1.82, 2.24) is 9.97 Å². The van der Waals surface area contributed by atoms with Gasteiger partial charge in [-0.2, -0.15) is 0 Å². The minimum Gasteiger partial charge on any atom is -0.461 e. The van der Waals surface area contributed by atoms with E-state index in [9.17, 15) is 4.79 Å². The molecule has 1 heterocycles. The van der Waals surface area contributed by atoms with Crippen molar-refractivity contribution in [3.8, 4) is 0 Å². The highest BCUT2D eigenvalue weighted by molar-refractivity contribution is 6.28. The van der Waals surface area contributed by atoms with Crippen LogP contribution in [0.2, 0.25) is 5.28 Å². The molecule has 1 fully saturated rings. The van der Waals surface area contributed by atoms with E-state index in [2.05, 4.69) is 15.3 Å². The average Bonchev–Trinajstić information content (AvgIpc) is 3.05. The highest BCUT2D eigenvalue weighted by Gasteiger charge is 2.24. The largest absolute Gasteiger partial charge is 0.461 e. The highest BCUT2D eigenvalue weighted by Crippen LogP contribution is 2.26. The summed E-state index contributed by atoms with van der Waals surface area (Å²) in [5.74, 6) is -0.477. The zero-order chi connectivity index (χ0) is 11.5. The van der Waals surface area contributed by atoms with E-state index < -0.39 is 5.97 Å². The average molecular weight is 242 g/mol. The number of nitrogens with one attached hydrogen (secondary N) is 1. The molecule has 6 heteroatoms. The Balaban J connectivity index is 2.23. The second-order valence-corrected chi connectivity index (χ2v) is 3.88. The molecule has 0 radical (unpaired) electrons. The summed E-state index contributed by atoms with van der Waals surface area (Å²) < 4.78 is 4.90. The summed E-state index contributed by atoms with van der Waals surface area (Å²) in [4.78, 5) is 19.3. The Labute approximate surface area is 98.2 Å². The molecule has 1 saturated carbocycles. The van der Waals surface area contributed by atoms with E-state index in [1.54, 1.807) is 6.92 Å². The lowest BCUT2D eigenvalue weighted by Gasteiger charge is -2.09. The molecule has 2 rings (SSSR count). The first-order chi connectivity index (χ1) is 7.70. The molecular weight excluding hydrogens is 230 g/mol. The van der Waals surface area contributed by atoms with Crippen molar-refractivity contribution in [3.05, 3.63) is 17.2 Å². The number of anilines is 1. The Bertz CT molecular complexity index is 407. The van der Waals surface area contributed by atoms with Gasteiger partial charge >= 0.3 is 5.97 Å². The molecular formula is C10H12ClN3O2. The van der Waals surface area contributed by atoms with E-state index in [-0.39, 0.29) is 11.0 Å². The number of carbonyl (C=O) groups is 1. The smallest absolute Gasteiger partial charge is 0.359 e. The Hall–Kier alpha value is -1.36. The normalized spacial score (nSPS) is 14.6. The second kappa shape index (κ2) is 4.65. The van der Waals surface area contributed by atoms with Crippen molar-refractivity contribution in [1.29, 1.82) is 0 Å². The molecule has 0 aliphatic heterocycles. The van der Waals surface area contributed by atoms with Crippen LogP contribution in [0.15, 0.2) is 6.20 Å². The molecule has 86 valence electrons. The summed E-state index contributed by atoms with van der Waals surface area (Å²) in [5, 5.41) is 3.21. The summed E-state index contributed by atoms with van der Waals surface area (Å²) in [5.41, 5.74) is 0.791. The SMILES string of the molecule is CCOC(=O)c1nc(Cl)ncc1NC1CC1. The first kappa shape index (κ1) is 11.1. The van der Waals surface area contributed by atoms with Gasteiger partial charge in [0.05, 0.1) is 18.5 Å². The maximum Gasteiger partial charge on any atom is 0.359 e. The molecule has 5 nitrogen and oxygen atoms in total. The van der Waals surface area contributed by atoms with Crippen LogP contribution in [-0.4, -0.2) is 28.6 Å². The minimum atomic E-state index is -0.477. The predicted octanol–water partition coefficient (Wildman–Crippen LogP) is 1.88. The van der Waals surface area contributed by atoms with Gasteiger partial charge in [-0.1, -0.05) is 0 Å². The van der Waals surface area contributed by atoms with Gasteiger partial charge in [0.1, 0.15) is 0 Å². The molecule has 0 saturated heterocycles. The standard InChI is InChI=1S/C10H12ClN3O2/c1-2-16-9(15)8-7(13-6-3-4-6)5-12-10(11)14-8/h5-6,13H,2-4H2,1H3. The molecule has 1 aromatic heterocycles. The lowest BCUT2D eigenvalue weighted by atomic mass is 10.3. The molecule has 1 N–H and O–H groups in total. The molecule has 1 aromatic rings. The van der Waals surface area contributed by atoms with E-state index in [1.807, 2.05) is 0 Å². The monoisotopic (exact) mass is 241 g/mol. The number of hydrogen-bond donors (Lipinski definition) is 1. The molecule has 0 spiro atoms. The Kier molecular flexibility index (Phi) is 3.24. The third kappa shape index (κ3) is 2.61. The maximum absolute atomic E-state index is 11.6.